The topological polar surface area (TPSA) is 80.5 Å². The first-order chi connectivity index (χ1) is 15.8. The van der Waals surface area contributed by atoms with Crippen molar-refractivity contribution < 1.29 is 9.18 Å². The fraction of sp³-hybridized carbons (Fsp3) is 0.250. The zero-order chi connectivity index (χ0) is 23.5. The molecule has 170 valence electrons. The van der Waals surface area contributed by atoms with Gasteiger partial charge in [0, 0.05) is 29.8 Å². The second-order valence-electron chi connectivity index (χ2n) is 7.99. The molecule has 0 radical (unpaired) electrons. The van der Waals surface area contributed by atoms with Gasteiger partial charge >= 0.3 is 0 Å². The fourth-order valence-corrected chi connectivity index (χ4v) is 4.05. The number of benzene rings is 2. The maximum Gasteiger partial charge on any atom is 0.222 e. The predicted molar refractivity (Wildman–Crippen MR) is 127 cm³/mol. The monoisotopic (exact) mass is 464 g/mol. The SMILES string of the molecule is Cc1cccc(-c2n[nH]c(=S)n2CCC(=O)NC(C)c2cnn(-c3ccc(F)cc3)c2C)c1. The Kier molecular flexibility index (Phi) is 6.50. The highest BCUT2D eigenvalue weighted by Crippen LogP contribution is 2.21. The van der Waals surface area contributed by atoms with Gasteiger partial charge in [0.1, 0.15) is 5.82 Å². The Hall–Kier alpha value is -3.59. The van der Waals surface area contributed by atoms with E-state index in [1.807, 2.05) is 49.6 Å². The lowest BCUT2D eigenvalue weighted by atomic mass is 10.1. The van der Waals surface area contributed by atoms with Crippen LogP contribution in [0.4, 0.5) is 4.39 Å². The number of nitrogens with zero attached hydrogens (tertiary/aromatic N) is 4. The van der Waals surface area contributed by atoms with Crippen molar-refractivity contribution in [3.8, 4) is 17.1 Å². The number of carbonyl (C=O) groups is 1. The van der Waals surface area contributed by atoms with Crippen molar-refractivity contribution in [3.05, 3.63) is 82.1 Å². The third-order valence-electron chi connectivity index (χ3n) is 5.56. The van der Waals surface area contributed by atoms with Gasteiger partial charge in [-0.05, 0) is 63.3 Å². The summed E-state index contributed by atoms with van der Waals surface area (Å²) in [6, 6.07) is 13.9. The van der Waals surface area contributed by atoms with Crippen LogP contribution in [0.25, 0.3) is 17.1 Å². The standard InChI is InChI=1S/C24H25FN6OS/c1-15-5-4-6-18(13-15)23-28-29-24(33)30(23)12-11-22(32)27-16(2)21-14-26-31(17(21)3)20-9-7-19(25)8-10-20/h4-10,13-14,16H,11-12H2,1-3H3,(H,27,32)(H,29,33). The molecule has 0 saturated heterocycles. The third-order valence-corrected chi connectivity index (χ3v) is 5.87. The number of amides is 1. The molecule has 0 aliphatic heterocycles. The molecular weight excluding hydrogens is 439 g/mol. The molecular formula is C24H25FN6OS. The largest absolute Gasteiger partial charge is 0.349 e. The molecule has 7 nitrogen and oxygen atoms in total. The van der Waals surface area contributed by atoms with Crippen LogP contribution in [0, 0.1) is 24.4 Å². The Morgan fingerprint density at radius 3 is 2.70 bits per heavy atom. The summed E-state index contributed by atoms with van der Waals surface area (Å²) in [7, 11) is 0. The smallest absolute Gasteiger partial charge is 0.222 e. The van der Waals surface area contributed by atoms with Gasteiger partial charge in [0.05, 0.1) is 17.9 Å². The molecule has 4 rings (SSSR count). The average molecular weight is 465 g/mol. The Labute approximate surface area is 196 Å². The van der Waals surface area contributed by atoms with Gasteiger partial charge in [-0.25, -0.2) is 9.07 Å². The molecule has 0 aliphatic carbocycles. The van der Waals surface area contributed by atoms with Crippen molar-refractivity contribution in [2.24, 2.45) is 0 Å². The normalized spacial score (nSPS) is 12.0. The molecule has 9 heteroatoms. The van der Waals surface area contributed by atoms with Gasteiger partial charge in [0.15, 0.2) is 10.6 Å². The van der Waals surface area contributed by atoms with Gasteiger partial charge < -0.3 is 5.32 Å². The van der Waals surface area contributed by atoms with Crippen molar-refractivity contribution in [3.63, 3.8) is 0 Å². The van der Waals surface area contributed by atoms with Gasteiger partial charge in [0.25, 0.3) is 0 Å². The molecule has 0 fully saturated rings. The molecule has 1 amide bonds. The zero-order valence-electron chi connectivity index (χ0n) is 18.7. The van der Waals surface area contributed by atoms with Crippen LogP contribution in [-0.2, 0) is 11.3 Å². The Balaban J connectivity index is 1.43. The van der Waals surface area contributed by atoms with Crippen LogP contribution in [-0.4, -0.2) is 30.5 Å². The van der Waals surface area contributed by atoms with E-state index in [-0.39, 0.29) is 24.2 Å². The zero-order valence-corrected chi connectivity index (χ0v) is 19.5. The lowest BCUT2D eigenvalue weighted by molar-refractivity contribution is -0.121. The molecule has 0 aliphatic rings. The van der Waals surface area contributed by atoms with Gasteiger partial charge in [0.2, 0.25) is 5.91 Å². The van der Waals surface area contributed by atoms with Crippen molar-refractivity contribution >= 4 is 18.1 Å². The van der Waals surface area contributed by atoms with E-state index in [1.165, 1.54) is 12.1 Å². The number of hydrogen-bond acceptors (Lipinski definition) is 4. The number of aryl methyl sites for hydroxylation is 1. The summed E-state index contributed by atoms with van der Waals surface area (Å²) in [5, 5.41) is 14.6. The molecule has 4 aromatic rings. The van der Waals surface area contributed by atoms with Crippen molar-refractivity contribution in [1.29, 1.82) is 0 Å². The number of H-pyrrole nitrogens is 1. The summed E-state index contributed by atoms with van der Waals surface area (Å²) < 4.78 is 17.3. The lowest BCUT2D eigenvalue weighted by Crippen LogP contribution is -2.27. The first-order valence-electron chi connectivity index (χ1n) is 10.7. The number of aromatic amines is 1. The van der Waals surface area contributed by atoms with Crippen LogP contribution in [0.2, 0.25) is 0 Å². The predicted octanol–water partition coefficient (Wildman–Crippen LogP) is 4.82. The van der Waals surface area contributed by atoms with Gasteiger partial charge in [-0.3, -0.25) is 14.5 Å². The van der Waals surface area contributed by atoms with Crippen LogP contribution >= 0.6 is 12.2 Å². The molecule has 2 aromatic carbocycles. The number of nitrogens with one attached hydrogen (secondary N) is 2. The highest BCUT2D eigenvalue weighted by Gasteiger charge is 2.17. The van der Waals surface area contributed by atoms with Crippen LogP contribution in [0.1, 0.15) is 36.2 Å². The van der Waals surface area contributed by atoms with Crippen LogP contribution < -0.4 is 5.32 Å². The van der Waals surface area contributed by atoms with Crippen LogP contribution in [0.15, 0.2) is 54.7 Å². The number of hydrogen-bond donors (Lipinski definition) is 2. The van der Waals surface area contributed by atoms with E-state index >= 15 is 0 Å². The summed E-state index contributed by atoms with van der Waals surface area (Å²) in [4.78, 5) is 12.7. The minimum atomic E-state index is -0.298. The van der Waals surface area contributed by atoms with E-state index in [0.717, 1.165) is 28.1 Å². The summed E-state index contributed by atoms with van der Waals surface area (Å²) >= 11 is 5.38. The van der Waals surface area contributed by atoms with E-state index < -0.39 is 0 Å². The second-order valence-corrected chi connectivity index (χ2v) is 8.37. The maximum atomic E-state index is 13.2. The van der Waals surface area contributed by atoms with E-state index in [0.29, 0.717) is 17.1 Å². The number of halogens is 1. The summed E-state index contributed by atoms with van der Waals surface area (Å²) in [6.45, 7) is 6.26. The molecule has 0 saturated carbocycles. The summed E-state index contributed by atoms with van der Waals surface area (Å²) in [5.41, 5.74) is 4.61. The van der Waals surface area contributed by atoms with Crippen molar-refractivity contribution in [1.82, 2.24) is 29.9 Å². The first-order valence-corrected chi connectivity index (χ1v) is 11.1. The molecule has 1 atom stereocenters. The quantitative estimate of drug-likeness (QED) is 0.385. The maximum absolute atomic E-state index is 13.2. The number of aromatic nitrogens is 5. The minimum absolute atomic E-state index is 0.102. The lowest BCUT2D eigenvalue weighted by Gasteiger charge is -2.15. The Bertz CT molecular complexity index is 1340. The summed E-state index contributed by atoms with van der Waals surface area (Å²) in [5.74, 6) is 0.309. The van der Waals surface area contributed by atoms with Gasteiger partial charge in [-0.2, -0.15) is 10.2 Å². The van der Waals surface area contributed by atoms with E-state index in [1.54, 1.807) is 23.0 Å². The Morgan fingerprint density at radius 1 is 1.21 bits per heavy atom. The van der Waals surface area contributed by atoms with Crippen LogP contribution in [0.3, 0.4) is 0 Å². The van der Waals surface area contributed by atoms with Crippen LogP contribution in [0.5, 0.6) is 0 Å². The molecule has 0 bridgehead atoms. The van der Waals surface area contributed by atoms with E-state index in [9.17, 15) is 9.18 Å². The highest BCUT2D eigenvalue weighted by atomic mass is 32.1. The Morgan fingerprint density at radius 2 is 1.97 bits per heavy atom. The van der Waals surface area contributed by atoms with Gasteiger partial charge in [-0.15, -0.1) is 0 Å². The molecule has 0 spiro atoms. The number of carbonyl (C=O) groups excluding carboxylic acids is 1. The summed E-state index contributed by atoms with van der Waals surface area (Å²) in [6.07, 6.45) is 1.98. The van der Waals surface area contributed by atoms with E-state index in [2.05, 4.69) is 20.6 Å². The highest BCUT2D eigenvalue weighted by molar-refractivity contribution is 7.71. The van der Waals surface area contributed by atoms with Crippen molar-refractivity contribution in [2.75, 3.05) is 0 Å². The minimum Gasteiger partial charge on any atom is -0.349 e. The molecule has 2 heterocycles. The molecule has 2 aromatic heterocycles. The van der Waals surface area contributed by atoms with Gasteiger partial charge in [-0.1, -0.05) is 23.8 Å². The first kappa shape index (κ1) is 22.6. The number of rotatable bonds is 7. The second kappa shape index (κ2) is 9.50. The average Bonchev–Trinajstić information content (AvgIpc) is 3.35. The third kappa shape index (κ3) is 4.93. The molecule has 1 unspecified atom stereocenters. The fourth-order valence-electron chi connectivity index (χ4n) is 3.82. The van der Waals surface area contributed by atoms with E-state index in [4.69, 9.17) is 12.2 Å². The molecule has 33 heavy (non-hydrogen) atoms. The molecule has 2 N–H and O–H groups in total. The van der Waals surface area contributed by atoms with Crippen molar-refractivity contribution in [2.45, 2.75) is 39.8 Å².